The lowest BCUT2D eigenvalue weighted by Gasteiger charge is -2.06. The highest BCUT2D eigenvalue weighted by molar-refractivity contribution is 5.76. The van der Waals surface area contributed by atoms with E-state index < -0.39 is 0 Å². The second kappa shape index (κ2) is 4.66. The van der Waals surface area contributed by atoms with Gasteiger partial charge in [-0.1, -0.05) is 13.0 Å². The summed E-state index contributed by atoms with van der Waals surface area (Å²) in [6.45, 7) is 6.17. The van der Waals surface area contributed by atoms with Gasteiger partial charge in [-0.25, -0.2) is 4.98 Å². The van der Waals surface area contributed by atoms with Crippen LogP contribution < -0.4 is 5.32 Å². The maximum absolute atomic E-state index is 4.68. The summed E-state index contributed by atoms with van der Waals surface area (Å²) in [6, 6.07) is 6.48. The van der Waals surface area contributed by atoms with Gasteiger partial charge >= 0.3 is 0 Å². The fourth-order valence-corrected chi connectivity index (χ4v) is 2.06. The van der Waals surface area contributed by atoms with Crippen LogP contribution in [0.5, 0.6) is 0 Å². The Morgan fingerprint density at radius 3 is 2.88 bits per heavy atom. The average Bonchev–Trinajstić information content (AvgIpc) is 2.57. The molecule has 0 spiro atoms. The molecule has 86 valence electrons. The third-order valence-corrected chi connectivity index (χ3v) is 2.76. The van der Waals surface area contributed by atoms with Gasteiger partial charge in [-0.05, 0) is 38.1 Å². The van der Waals surface area contributed by atoms with Gasteiger partial charge in [-0.3, -0.25) is 0 Å². The van der Waals surface area contributed by atoms with E-state index in [1.165, 1.54) is 11.1 Å². The lowest BCUT2D eigenvalue weighted by molar-refractivity contribution is 0.629. The largest absolute Gasteiger partial charge is 0.327 e. The highest BCUT2D eigenvalue weighted by Crippen LogP contribution is 2.18. The number of nitrogens with zero attached hydrogens (tertiary/aromatic N) is 2. The van der Waals surface area contributed by atoms with Crippen LogP contribution in [0.25, 0.3) is 11.0 Å². The van der Waals surface area contributed by atoms with E-state index in [-0.39, 0.29) is 0 Å². The fraction of sp³-hybridized carbons (Fsp3) is 0.462. The molecule has 0 radical (unpaired) electrons. The molecule has 2 aromatic rings. The van der Waals surface area contributed by atoms with Crippen LogP contribution >= 0.6 is 0 Å². The molecule has 0 fully saturated rings. The zero-order valence-corrected chi connectivity index (χ0v) is 10.2. The van der Waals surface area contributed by atoms with Crippen LogP contribution in [-0.4, -0.2) is 16.6 Å². The van der Waals surface area contributed by atoms with E-state index >= 15 is 0 Å². The first-order valence-electron chi connectivity index (χ1n) is 5.86. The number of benzene rings is 1. The van der Waals surface area contributed by atoms with Crippen molar-refractivity contribution in [1.29, 1.82) is 0 Å². The first kappa shape index (κ1) is 11.1. The van der Waals surface area contributed by atoms with Crippen LogP contribution in [0.3, 0.4) is 0 Å². The number of aryl methyl sites for hydroxylation is 2. The van der Waals surface area contributed by atoms with E-state index in [0.717, 1.165) is 30.9 Å². The number of hydrogen-bond acceptors (Lipinski definition) is 2. The Kier molecular flexibility index (Phi) is 3.25. The van der Waals surface area contributed by atoms with Gasteiger partial charge in [-0.2, -0.15) is 0 Å². The Morgan fingerprint density at radius 2 is 2.19 bits per heavy atom. The molecule has 1 aromatic heterocycles. The van der Waals surface area contributed by atoms with E-state index in [0.29, 0.717) is 0 Å². The molecule has 16 heavy (non-hydrogen) atoms. The van der Waals surface area contributed by atoms with Crippen molar-refractivity contribution < 1.29 is 0 Å². The second-order valence-electron chi connectivity index (χ2n) is 4.20. The molecule has 0 saturated carbocycles. The molecule has 0 amide bonds. The fourth-order valence-electron chi connectivity index (χ4n) is 2.06. The summed E-state index contributed by atoms with van der Waals surface area (Å²) in [6.07, 6.45) is 1.13. The molecule has 3 heteroatoms. The number of nitrogens with one attached hydrogen (secondary N) is 1. The molecular formula is C13H19N3. The summed E-state index contributed by atoms with van der Waals surface area (Å²) in [5.41, 5.74) is 3.63. The van der Waals surface area contributed by atoms with Crippen molar-refractivity contribution in [3.05, 3.63) is 29.6 Å². The molecule has 0 aliphatic carbocycles. The van der Waals surface area contributed by atoms with Crippen molar-refractivity contribution >= 4 is 11.0 Å². The van der Waals surface area contributed by atoms with Crippen LogP contribution in [-0.2, 0) is 13.1 Å². The van der Waals surface area contributed by atoms with Crippen molar-refractivity contribution in [3.63, 3.8) is 0 Å². The number of fused-ring (bicyclic) bond motifs is 1. The van der Waals surface area contributed by atoms with Crippen molar-refractivity contribution in [2.24, 2.45) is 0 Å². The predicted molar refractivity (Wildman–Crippen MR) is 67.5 cm³/mol. The molecule has 1 heterocycles. The molecule has 1 N–H and O–H groups in total. The van der Waals surface area contributed by atoms with Crippen molar-refractivity contribution in [2.45, 2.75) is 33.4 Å². The number of rotatable bonds is 4. The minimum Gasteiger partial charge on any atom is -0.327 e. The number of aromatic nitrogens is 2. The summed E-state index contributed by atoms with van der Waals surface area (Å²) in [5, 5.41) is 3.18. The Balaban J connectivity index is 2.56. The summed E-state index contributed by atoms with van der Waals surface area (Å²) in [4.78, 5) is 4.68. The van der Waals surface area contributed by atoms with Gasteiger partial charge in [0.1, 0.15) is 5.82 Å². The standard InChI is InChI=1S/C13H19N3/c1-4-7-16-12-6-5-10(2)8-11(12)15-13(16)9-14-3/h5-6,8,14H,4,7,9H2,1-3H3. The first-order valence-corrected chi connectivity index (χ1v) is 5.86. The maximum Gasteiger partial charge on any atom is 0.123 e. The highest BCUT2D eigenvalue weighted by atomic mass is 15.1. The first-order chi connectivity index (χ1) is 7.76. The van der Waals surface area contributed by atoms with Crippen molar-refractivity contribution in [2.75, 3.05) is 7.05 Å². The Hall–Kier alpha value is -1.35. The van der Waals surface area contributed by atoms with Gasteiger partial charge in [0, 0.05) is 6.54 Å². The predicted octanol–water partition coefficient (Wildman–Crippen LogP) is 2.47. The van der Waals surface area contributed by atoms with Gasteiger partial charge in [0.05, 0.1) is 17.6 Å². The zero-order chi connectivity index (χ0) is 11.5. The molecule has 0 aliphatic heterocycles. The van der Waals surface area contributed by atoms with Gasteiger partial charge in [0.25, 0.3) is 0 Å². The van der Waals surface area contributed by atoms with Crippen LogP contribution in [0, 0.1) is 6.92 Å². The van der Waals surface area contributed by atoms with Crippen LogP contribution in [0.15, 0.2) is 18.2 Å². The molecule has 0 aliphatic rings. The summed E-state index contributed by atoms with van der Waals surface area (Å²) in [5.74, 6) is 1.13. The third kappa shape index (κ3) is 1.95. The minimum absolute atomic E-state index is 0.827. The molecule has 2 rings (SSSR count). The third-order valence-electron chi connectivity index (χ3n) is 2.76. The van der Waals surface area contributed by atoms with Gasteiger partial charge < -0.3 is 9.88 Å². The molecule has 0 saturated heterocycles. The van der Waals surface area contributed by atoms with Crippen LogP contribution in [0.1, 0.15) is 24.7 Å². The lowest BCUT2D eigenvalue weighted by atomic mass is 10.2. The maximum atomic E-state index is 4.68. The summed E-state index contributed by atoms with van der Waals surface area (Å²) < 4.78 is 2.31. The smallest absolute Gasteiger partial charge is 0.123 e. The van der Waals surface area contributed by atoms with Gasteiger partial charge in [0.2, 0.25) is 0 Å². The molecule has 0 unspecified atom stereocenters. The summed E-state index contributed by atoms with van der Waals surface area (Å²) in [7, 11) is 1.96. The topological polar surface area (TPSA) is 29.9 Å². The monoisotopic (exact) mass is 217 g/mol. The average molecular weight is 217 g/mol. The van der Waals surface area contributed by atoms with Crippen molar-refractivity contribution in [3.8, 4) is 0 Å². The molecule has 3 nitrogen and oxygen atoms in total. The zero-order valence-electron chi connectivity index (χ0n) is 10.2. The number of imidazole rings is 1. The number of hydrogen-bond donors (Lipinski definition) is 1. The van der Waals surface area contributed by atoms with Gasteiger partial charge in [0.15, 0.2) is 0 Å². The molecule has 0 bridgehead atoms. The van der Waals surface area contributed by atoms with E-state index in [1.54, 1.807) is 0 Å². The van der Waals surface area contributed by atoms with Crippen LogP contribution in [0.2, 0.25) is 0 Å². The molecule has 1 aromatic carbocycles. The Labute approximate surface area is 96.5 Å². The SMILES string of the molecule is CCCn1c(CNC)nc2cc(C)ccc21. The lowest BCUT2D eigenvalue weighted by Crippen LogP contribution is -2.12. The van der Waals surface area contributed by atoms with E-state index in [1.807, 2.05) is 7.05 Å². The Morgan fingerprint density at radius 1 is 1.38 bits per heavy atom. The summed E-state index contributed by atoms with van der Waals surface area (Å²) >= 11 is 0. The molecule has 0 atom stereocenters. The highest BCUT2D eigenvalue weighted by Gasteiger charge is 2.08. The van der Waals surface area contributed by atoms with Crippen LogP contribution in [0.4, 0.5) is 0 Å². The minimum atomic E-state index is 0.827. The quantitative estimate of drug-likeness (QED) is 0.852. The van der Waals surface area contributed by atoms with E-state index in [4.69, 9.17) is 0 Å². The van der Waals surface area contributed by atoms with E-state index in [2.05, 4.69) is 46.9 Å². The Bertz CT molecular complexity index is 485. The second-order valence-corrected chi connectivity index (χ2v) is 4.20. The van der Waals surface area contributed by atoms with E-state index in [9.17, 15) is 0 Å². The normalized spacial score (nSPS) is 11.2. The van der Waals surface area contributed by atoms with Gasteiger partial charge in [-0.15, -0.1) is 0 Å². The molecular weight excluding hydrogens is 198 g/mol. The van der Waals surface area contributed by atoms with Crippen molar-refractivity contribution in [1.82, 2.24) is 14.9 Å².